The molecule has 1 N–H and O–H groups in total. The van der Waals surface area contributed by atoms with Gasteiger partial charge in [-0.3, -0.25) is 0 Å². The SMILES string of the molecule is CNc1cccc(N(C)Cc2ccc(Br)cc2)c1. The van der Waals surface area contributed by atoms with Crippen LogP contribution in [0, 0.1) is 0 Å². The van der Waals surface area contributed by atoms with Gasteiger partial charge in [-0.2, -0.15) is 0 Å². The van der Waals surface area contributed by atoms with E-state index in [4.69, 9.17) is 0 Å². The second kappa shape index (κ2) is 5.91. The van der Waals surface area contributed by atoms with E-state index in [2.05, 4.69) is 81.7 Å². The molecule has 0 spiro atoms. The van der Waals surface area contributed by atoms with Crippen LogP contribution in [-0.2, 0) is 6.54 Å². The van der Waals surface area contributed by atoms with Crippen LogP contribution in [0.15, 0.2) is 53.0 Å². The first-order valence-electron chi connectivity index (χ1n) is 5.92. The summed E-state index contributed by atoms with van der Waals surface area (Å²) in [5.74, 6) is 0. The maximum Gasteiger partial charge on any atom is 0.0426 e. The second-order valence-corrected chi connectivity index (χ2v) is 5.20. The van der Waals surface area contributed by atoms with Crippen molar-refractivity contribution in [1.29, 1.82) is 0 Å². The fourth-order valence-electron chi connectivity index (χ4n) is 1.85. The summed E-state index contributed by atoms with van der Waals surface area (Å²) in [5, 5.41) is 3.16. The maximum atomic E-state index is 3.45. The molecule has 0 unspecified atom stereocenters. The molecule has 18 heavy (non-hydrogen) atoms. The molecule has 3 heteroatoms. The fraction of sp³-hybridized carbons (Fsp3) is 0.200. The molecular formula is C15H17BrN2. The van der Waals surface area contributed by atoms with Crippen LogP contribution in [-0.4, -0.2) is 14.1 Å². The lowest BCUT2D eigenvalue weighted by atomic mass is 10.2. The summed E-state index contributed by atoms with van der Waals surface area (Å²) in [5.41, 5.74) is 3.65. The average Bonchev–Trinajstić information content (AvgIpc) is 2.41. The highest BCUT2D eigenvalue weighted by Gasteiger charge is 2.02. The van der Waals surface area contributed by atoms with Gasteiger partial charge >= 0.3 is 0 Å². The first kappa shape index (κ1) is 13.0. The third-order valence-electron chi connectivity index (χ3n) is 2.91. The van der Waals surface area contributed by atoms with Crippen LogP contribution in [0.4, 0.5) is 11.4 Å². The van der Waals surface area contributed by atoms with Crippen molar-refractivity contribution in [2.75, 3.05) is 24.3 Å². The van der Waals surface area contributed by atoms with Crippen molar-refractivity contribution in [2.24, 2.45) is 0 Å². The molecule has 2 aromatic rings. The Morgan fingerprint density at radius 2 is 1.83 bits per heavy atom. The minimum Gasteiger partial charge on any atom is -0.388 e. The van der Waals surface area contributed by atoms with Gasteiger partial charge in [0.15, 0.2) is 0 Å². The molecule has 0 bridgehead atoms. The Morgan fingerprint density at radius 1 is 1.11 bits per heavy atom. The first-order valence-corrected chi connectivity index (χ1v) is 6.72. The molecule has 0 radical (unpaired) electrons. The quantitative estimate of drug-likeness (QED) is 0.914. The van der Waals surface area contributed by atoms with E-state index in [1.807, 2.05) is 7.05 Å². The molecule has 2 rings (SSSR count). The van der Waals surface area contributed by atoms with E-state index < -0.39 is 0 Å². The Bertz CT molecular complexity index is 508. The molecule has 0 saturated carbocycles. The first-order chi connectivity index (χ1) is 8.69. The molecule has 0 aromatic heterocycles. The van der Waals surface area contributed by atoms with E-state index in [0.29, 0.717) is 0 Å². The fourth-order valence-corrected chi connectivity index (χ4v) is 2.12. The molecule has 0 saturated heterocycles. The van der Waals surface area contributed by atoms with Crippen molar-refractivity contribution in [2.45, 2.75) is 6.54 Å². The number of hydrogen-bond donors (Lipinski definition) is 1. The lowest BCUT2D eigenvalue weighted by Gasteiger charge is -2.20. The second-order valence-electron chi connectivity index (χ2n) is 4.28. The van der Waals surface area contributed by atoms with Gasteiger partial charge < -0.3 is 10.2 Å². The van der Waals surface area contributed by atoms with Gasteiger partial charge in [-0.1, -0.05) is 34.1 Å². The number of anilines is 2. The van der Waals surface area contributed by atoms with Crippen molar-refractivity contribution in [3.05, 3.63) is 58.6 Å². The number of hydrogen-bond acceptors (Lipinski definition) is 2. The number of benzene rings is 2. The molecule has 0 aliphatic heterocycles. The van der Waals surface area contributed by atoms with E-state index in [-0.39, 0.29) is 0 Å². The predicted molar refractivity (Wildman–Crippen MR) is 82.2 cm³/mol. The van der Waals surface area contributed by atoms with Crippen molar-refractivity contribution in [3.8, 4) is 0 Å². The molecule has 94 valence electrons. The molecular weight excluding hydrogens is 288 g/mol. The van der Waals surface area contributed by atoms with E-state index in [9.17, 15) is 0 Å². The van der Waals surface area contributed by atoms with Gasteiger partial charge in [-0.25, -0.2) is 0 Å². The molecule has 2 nitrogen and oxygen atoms in total. The van der Waals surface area contributed by atoms with Crippen LogP contribution in [0.1, 0.15) is 5.56 Å². The normalized spacial score (nSPS) is 10.2. The third-order valence-corrected chi connectivity index (χ3v) is 3.44. The molecule has 0 fully saturated rings. The van der Waals surface area contributed by atoms with Crippen molar-refractivity contribution >= 4 is 27.3 Å². The molecule has 0 heterocycles. The summed E-state index contributed by atoms with van der Waals surface area (Å²) >= 11 is 3.45. The van der Waals surface area contributed by atoms with Crippen molar-refractivity contribution in [1.82, 2.24) is 0 Å². The number of rotatable bonds is 4. The summed E-state index contributed by atoms with van der Waals surface area (Å²) in [6.07, 6.45) is 0. The highest BCUT2D eigenvalue weighted by Crippen LogP contribution is 2.20. The maximum absolute atomic E-state index is 3.45. The molecule has 0 atom stereocenters. The van der Waals surface area contributed by atoms with Crippen LogP contribution >= 0.6 is 15.9 Å². The number of nitrogens with one attached hydrogen (secondary N) is 1. The minimum atomic E-state index is 0.903. The summed E-state index contributed by atoms with van der Waals surface area (Å²) in [7, 11) is 4.05. The van der Waals surface area contributed by atoms with Crippen molar-refractivity contribution in [3.63, 3.8) is 0 Å². The van der Waals surface area contributed by atoms with Gasteiger partial charge in [0, 0.05) is 36.5 Å². The Morgan fingerprint density at radius 3 is 2.50 bits per heavy atom. The summed E-state index contributed by atoms with van der Waals surface area (Å²) in [6.45, 7) is 0.903. The molecule has 0 aliphatic rings. The highest BCUT2D eigenvalue weighted by molar-refractivity contribution is 9.10. The number of halogens is 1. The standard InChI is InChI=1S/C15H17BrN2/c1-17-14-4-3-5-15(10-14)18(2)11-12-6-8-13(16)9-7-12/h3-10,17H,11H2,1-2H3. The van der Waals surface area contributed by atoms with Crippen LogP contribution in [0.5, 0.6) is 0 Å². The Kier molecular flexibility index (Phi) is 4.26. The zero-order valence-corrected chi connectivity index (χ0v) is 12.2. The van der Waals surface area contributed by atoms with Gasteiger partial charge in [0.05, 0.1) is 0 Å². The van der Waals surface area contributed by atoms with Crippen LogP contribution < -0.4 is 10.2 Å². The number of nitrogens with zero attached hydrogens (tertiary/aromatic N) is 1. The zero-order valence-electron chi connectivity index (χ0n) is 10.7. The van der Waals surface area contributed by atoms with Crippen molar-refractivity contribution < 1.29 is 0 Å². The molecule has 2 aromatic carbocycles. The van der Waals surface area contributed by atoms with Crippen LogP contribution in [0.3, 0.4) is 0 Å². The van der Waals surface area contributed by atoms with Gasteiger partial charge in [-0.15, -0.1) is 0 Å². The average molecular weight is 305 g/mol. The predicted octanol–water partition coefficient (Wildman–Crippen LogP) is 4.13. The minimum absolute atomic E-state index is 0.903. The van der Waals surface area contributed by atoms with E-state index >= 15 is 0 Å². The Hall–Kier alpha value is -1.48. The van der Waals surface area contributed by atoms with Crippen LogP contribution in [0.2, 0.25) is 0 Å². The lowest BCUT2D eigenvalue weighted by Crippen LogP contribution is -2.16. The molecule has 0 aliphatic carbocycles. The van der Waals surface area contributed by atoms with Gasteiger partial charge in [0.1, 0.15) is 0 Å². The van der Waals surface area contributed by atoms with E-state index in [1.54, 1.807) is 0 Å². The topological polar surface area (TPSA) is 15.3 Å². The monoisotopic (exact) mass is 304 g/mol. The smallest absolute Gasteiger partial charge is 0.0426 e. The molecule has 0 amide bonds. The van der Waals surface area contributed by atoms with Crippen LogP contribution in [0.25, 0.3) is 0 Å². The van der Waals surface area contributed by atoms with E-state index in [1.165, 1.54) is 11.3 Å². The lowest BCUT2D eigenvalue weighted by molar-refractivity contribution is 0.923. The van der Waals surface area contributed by atoms with Gasteiger partial charge in [0.25, 0.3) is 0 Å². The summed E-state index contributed by atoms with van der Waals surface area (Å²) < 4.78 is 1.12. The summed E-state index contributed by atoms with van der Waals surface area (Å²) in [6, 6.07) is 16.8. The van der Waals surface area contributed by atoms with Gasteiger partial charge in [-0.05, 0) is 35.9 Å². The van der Waals surface area contributed by atoms with Gasteiger partial charge in [0.2, 0.25) is 0 Å². The zero-order chi connectivity index (χ0) is 13.0. The Balaban J connectivity index is 2.11. The Labute approximate surface area is 117 Å². The third kappa shape index (κ3) is 3.26. The largest absolute Gasteiger partial charge is 0.388 e. The van der Waals surface area contributed by atoms with E-state index in [0.717, 1.165) is 16.7 Å². The highest BCUT2D eigenvalue weighted by atomic mass is 79.9. The summed E-state index contributed by atoms with van der Waals surface area (Å²) in [4.78, 5) is 2.24.